The van der Waals surface area contributed by atoms with Gasteiger partial charge in [-0.3, -0.25) is 9.69 Å². The molecule has 134 valence electrons. The molecule has 1 aliphatic rings. The molecule has 0 amide bonds. The smallest absolute Gasteiger partial charge is 0.277 e. The summed E-state index contributed by atoms with van der Waals surface area (Å²) >= 11 is 6.75. The van der Waals surface area contributed by atoms with Crippen LogP contribution in [0.25, 0.3) is 11.4 Å². The molecule has 2 heterocycles. The fourth-order valence-corrected chi connectivity index (χ4v) is 3.91. The number of aromatic nitrogens is 2. The molecule has 0 bridgehead atoms. The summed E-state index contributed by atoms with van der Waals surface area (Å²) in [7, 11) is 0. The molecule has 0 radical (unpaired) electrons. The van der Waals surface area contributed by atoms with Crippen LogP contribution in [0.2, 0.25) is 5.15 Å². The van der Waals surface area contributed by atoms with Gasteiger partial charge in [-0.2, -0.15) is 0 Å². The standard InChI is InChI=1S/C21H22ClN3O/c22-20-19(16-23-14-8-3-9-15-23)21(26)25(18-12-6-2-7-13-18)24(20)17-10-4-1-5-11-17/h1-2,4-7,10-13H,3,8-9,14-16H2. The Hall–Kier alpha value is -2.30. The lowest BCUT2D eigenvalue weighted by atomic mass is 10.1. The second kappa shape index (κ2) is 7.52. The molecule has 0 atom stereocenters. The maximum Gasteiger partial charge on any atom is 0.277 e. The number of para-hydroxylation sites is 2. The van der Waals surface area contributed by atoms with Crippen LogP contribution in [-0.4, -0.2) is 27.4 Å². The van der Waals surface area contributed by atoms with Crippen LogP contribution in [0.4, 0.5) is 0 Å². The summed E-state index contributed by atoms with van der Waals surface area (Å²) in [5.74, 6) is 0. The Morgan fingerprint density at radius 2 is 1.31 bits per heavy atom. The summed E-state index contributed by atoms with van der Waals surface area (Å²) in [4.78, 5) is 15.6. The summed E-state index contributed by atoms with van der Waals surface area (Å²) < 4.78 is 3.50. The van der Waals surface area contributed by atoms with E-state index in [1.165, 1.54) is 19.3 Å². The van der Waals surface area contributed by atoms with Crippen LogP contribution < -0.4 is 5.56 Å². The summed E-state index contributed by atoms with van der Waals surface area (Å²) in [6.45, 7) is 2.65. The average Bonchev–Trinajstić information content (AvgIpc) is 2.95. The van der Waals surface area contributed by atoms with Gasteiger partial charge < -0.3 is 0 Å². The number of halogens is 1. The Morgan fingerprint density at radius 1 is 0.769 bits per heavy atom. The second-order valence-electron chi connectivity index (χ2n) is 6.71. The van der Waals surface area contributed by atoms with E-state index in [1.54, 1.807) is 4.68 Å². The minimum Gasteiger partial charge on any atom is -0.299 e. The zero-order valence-corrected chi connectivity index (χ0v) is 15.4. The van der Waals surface area contributed by atoms with Crippen molar-refractivity contribution >= 4 is 11.6 Å². The fraction of sp³-hybridized carbons (Fsp3) is 0.286. The van der Waals surface area contributed by atoms with Crippen LogP contribution in [-0.2, 0) is 6.54 Å². The fourth-order valence-electron chi connectivity index (χ4n) is 3.60. The third-order valence-electron chi connectivity index (χ3n) is 4.92. The largest absolute Gasteiger partial charge is 0.299 e. The Kier molecular flexibility index (Phi) is 4.96. The van der Waals surface area contributed by atoms with Crippen molar-refractivity contribution in [1.29, 1.82) is 0 Å². The topological polar surface area (TPSA) is 30.2 Å². The highest BCUT2D eigenvalue weighted by Gasteiger charge is 2.23. The van der Waals surface area contributed by atoms with Crippen LogP contribution in [0.1, 0.15) is 24.8 Å². The van der Waals surface area contributed by atoms with Crippen LogP contribution in [0.5, 0.6) is 0 Å². The van der Waals surface area contributed by atoms with Gasteiger partial charge in [0.15, 0.2) is 0 Å². The second-order valence-corrected chi connectivity index (χ2v) is 7.06. The summed E-state index contributed by atoms with van der Waals surface area (Å²) in [6.07, 6.45) is 3.64. The first kappa shape index (κ1) is 17.1. The molecule has 0 saturated carbocycles. The first-order valence-electron chi connectivity index (χ1n) is 9.11. The van der Waals surface area contributed by atoms with E-state index in [2.05, 4.69) is 4.90 Å². The molecule has 1 aromatic heterocycles. The first-order valence-corrected chi connectivity index (χ1v) is 9.49. The van der Waals surface area contributed by atoms with Gasteiger partial charge >= 0.3 is 0 Å². The van der Waals surface area contributed by atoms with Gasteiger partial charge in [0, 0.05) is 6.54 Å². The molecular formula is C21H22ClN3O. The summed E-state index contributed by atoms with van der Waals surface area (Å²) in [5, 5.41) is 0.496. The predicted molar refractivity (Wildman–Crippen MR) is 106 cm³/mol. The molecule has 1 saturated heterocycles. The predicted octanol–water partition coefficient (Wildman–Crippen LogP) is 4.27. The highest BCUT2D eigenvalue weighted by Crippen LogP contribution is 2.24. The molecule has 1 fully saturated rings. The molecule has 26 heavy (non-hydrogen) atoms. The van der Waals surface area contributed by atoms with Crippen molar-refractivity contribution < 1.29 is 0 Å². The maximum absolute atomic E-state index is 13.3. The monoisotopic (exact) mass is 367 g/mol. The zero-order chi connectivity index (χ0) is 17.9. The Labute approximate surface area is 158 Å². The molecule has 0 spiro atoms. The highest BCUT2D eigenvalue weighted by molar-refractivity contribution is 6.30. The molecule has 3 aromatic rings. The molecule has 4 nitrogen and oxygen atoms in total. The Morgan fingerprint density at radius 3 is 1.88 bits per heavy atom. The van der Waals surface area contributed by atoms with E-state index in [4.69, 9.17) is 11.6 Å². The van der Waals surface area contributed by atoms with Crippen LogP contribution in [0, 0.1) is 0 Å². The number of rotatable bonds is 4. The third-order valence-corrected chi connectivity index (χ3v) is 5.31. The average molecular weight is 368 g/mol. The normalized spacial score (nSPS) is 15.3. The number of hydrogen-bond donors (Lipinski definition) is 0. The van der Waals surface area contributed by atoms with Gasteiger partial charge in [-0.15, -0.1) is 0 Å². The molecule has 4 rings (SSSR count). The van der Waals surface area contributed by atoms with E-state index in [9.17, 15) is 4.79 Å². The number of nitrogens with zero attached hydrogens (tertiary/aromatic N) is 3. The van der Waals surface area contributed by atoms with Crippen LogP contribution in [0.15, 0.2) is 65.5 Å². The van der Waals surface area contributed by atoms with Gasteiger partial charge in [0.05, 0.1) is 16.9 Å². The number of hydrogen-bond acceptors (Lipinski definition) is 2. The minimum atomic E-state index is -0.0457. The van der Waals surface area contributed by atoms with Gasteiger partial charge in [-0.25, -0.2) is 9.36 Å². The molecule has 0 N–H and O–H groups in total. The van der Waals surface area contributed by atoms with Crippen molar-refractivity contribution in [2.75, 3.05) is 13.1 Å². The van der Waals surface area contributed by atoms with Crippen molar-refractivity contribution in [3.63, 3.8) is 0 Å². The SMILES string of the molecule is O=c1c(CN2CCCCC2)c(Cl)n(-c2ccccc2)n1-c1ccccc1. The third kappa shape index (κ3) is 3.22. The van der Waals surface area contributed by atoms with Crippen molar-refractivity contribution in [1.82, 2.24) is 14.3 Å². The van der Waals surface area contributed by atoms with Crippen molar-refractivity contribution in [3.05, 3.63) is 81.7 Å². The lowest BCUT2D eigenvalue weighted by Crippen LogP contribution is -2.31. The van der Waals surface area contributed by atoms with E-state index < -0.39 is 0 Å². The van der Waals surface area contributed by atoms with Crippen molar-refractivity contribution in [2.24, 2.45) is 0 Å². The van der Waals surface area contributed by atoms with Gasteiger partial charge in [-0.1, -0.05) is 54.4 Å². The molecule has 5 heteroatoms. The first-order chi connectivity index (χ1) is 12.8. The van der Waals surface area contributed by atoms with E-state index >= 15 is 0 Å². The lowest BCUT2D eigenvalue weighted by Gasteiger charge is -2.25. The van der Waals surface area contributed by atoms with Crippen LogP contribution >= 0.6 is 11.6 Å². The molecular weight excluding hydrogens is 346 g/mol. The van der Waals surface area contributed by atoms with E-state index in [0.29, 0.717) is 17.3 Å². The van der Waals surface area contributed by atoms with Crippen molar-refractivity contribution in [3.8, 4) is 11.4 Å². The number of piperidine rings is 1. The number of benzene rings is 2. The van der Waals surface area contributed by atoms with Gasteiger partial charge in [0.1, 0.15) is 5.15 Å². The van der Waals surface area contributed by atoms with Gasteiger partial charge in [0.25, 0.3) is 5.56 Å². The minimum absolute atomic E-state index is 0.0457. The van der Waals surface area contributed by atoms with Crippen molar-refractivity contribution in [2.45, 2.75) is 25.8 Å². The highest BCUT2D eigenvalue weighted by atomic mass is 35.5. The maximum atomic E-state index is 13.3. The summed E-state index contributed by atoms with van der Waals surface area (Å²) in [5.41, 5.74) is 2.31. The Bertz CT molecular complexity index is 925. The number of likely N-dealkylation sites (tertiary alicyclic amines) is 1. The van der Waals surface area contributed by atoms with E-state index in [-0.39, 0.29) is 5.56 Å². The zero-order valence-electron chi connectivity index (χ0n) is 14.6. The molecule has 0 aliphatic carbocycles. The lowest BCUT2D eigenvalue weighted by molar-refractivity contribution is 0.220. The quantitative estimate of drug-likeness (QED) is 0.689. The van der Waals surface area contributed by atoms with Crippen LogP contribution in [0.3, 0.4) is 0 Å². The molecule has 1 aliphatic heterocycles. The van der Waals surface area contributed by atoms with E-state index in [0.717, 1.165) is 24.5 Å². The molecule has 0 unspecified atom stereocenters. The van der Waals surface area contributed by atoms with E-state index in [1.807, 2.05) is 65.3 Å². The Balaban J connectivity index is 1.86. The van der Waals surface area contributed by atoms with Gasteiger partial charge in [0.2, 0.25) is 0 Å². The van der Waals surface area contributed by atoms with Gasteiger partial charge in [-0.05, 0) is 50.2 Å². The molecule has 2 aromatic carbocycles. The summed E-state index contributed by atoms with van der Waals surface area (Å²) in [6, 6.07) is 19.5.